The topological polar surface area (TPSA) is 385 Å². The number of rotatable bonds is 17. The van der Waals surface area contributed by atoms with Crippen LogP contribution in [-0.2, 0) is 28.4 Å². The van der Waals surface area contributed by atoms with Crippen LogP contribution in [0.25, 0.3) is 0 Å². The molecule has 24 nitrogen and oxygen atoms in total. The highest BCUT2D eigenvalue weighted by atomic mass is 19.2. The molecule has 20 atom stereocenters. The number of azo groups is 1. The Kier molecular flexibility index (Phi) is 20.0. The summed E-state index contributed by atoms with van der Waals surface area (Å²) in [5, 5.41) is 156. The molecule has 0 unspecified atom stereocenters. The Morgan fingerprint density at radius 3 is 1.27 bits per heavy atom. The average Bonchev–Trinajstić information content (AvgIpc) is 3.66. The summed E-state index contributed by atoms with van der Waals surface area (Å²) in [6, 6.07) is 6.48. The van der Waals surface area contributed by atoms with Crippen molar-refractivity contribution < 1.29 is 149 Å². The van der Waals surface area contributed by atoms with Crippen LogP contribution >= 0.6 is 0 Å². The number of aliphatic hydroxyl groups is 14. The van der Waals surface area contributed by atoms with E-state index in [-0.39, 0.29) is 11.4 Å². The van der Waals surface area contributed by atoms with Gasteiger partial charge < -0.3 is 110 Å². The van der Waals surface area contributed by atoms with Crippen LogP contribution < -0.4 is 26.4 Å². The summed E-state index contributed by atoms with van der Waals surface area (Å²) in [5.41, 5.74) is -7.40. The van der Waals surface area contributed by atoms with E-state index >= 15 is 35.1 Å². The molecule has 0 aromatic heterocycles. The van der Waals surface area contributed by atoms with E-state index < -0.39 is 242 Å². The fourth-order valence-electron chi connectivity index (χ4n) is 9.54. The molecule has 0 aliphatic carbocycles. The number of benzene rings is 4. The monoisotopic (exact) mass is 1210 g/mol. The third-order valence-corrected chi connectivity index (χ3v) is 14.0. The summed E-state index contributed by atoms with van der Waals surface area (Å²) in [6.07, 6.45) is -37.8. The van der Waals surface area contributed by atoms with Gasteiger partial charge in [0.1, 0.15) is 103 Å². The van der Waals surface area contributed by atoms with Gasteiger partial charge in [-0.1, -0.05) is 0 Å². The molecule has 456 valence electrons. The maximum atomic E-state index is 16.0. The number of hydrogen-bond donors (Lipinski definition) is 15. The Morgan fingerprint density at radius 1 is 0.422 bits per heavy atom. The lowest BCUT2D eigenvalue weighted by Crippen LogP contribution is -2.65. The smallest absolute Gasteiger partial charge is 0.260 e. The summed E-state index contributed by atoms with van der Waals surface area (Å²) in [5.74, 6) is -28.3. The fraction of sp³-hybridized carbons (Fsp3) is 0.500. The van der Waals surface area contributed by atoms with Gasteiger partial charge in [-0.2, -0.15) is 10.2 Å². The van der Waals surface area contributed by atoms with E-state index in [9.17, 15) is 80.3 Å². The van der Waals surface area contributed by atoms with E-state index in [1.807, 2.05) is 0 Å². The first-order valence-electron chi connectivity index (χ1n) is 24.6. The predicted molar refractivity (Wildman–Crippen MR) is 251 cm³/mol. The van der Waals surface area contributed by atoms with E-state index in [4.69, 9.17) is 33.2 Å². The van der Waals surface area contributed by atoms with Gasteiger partial charge in [0, 0.05) is 16.6 Å². The van der Waals surface area contributed by atoms with Crippen LogP contribution in [0.5, 0.6) is 5.75 Å². The first-order valence-corrected chi connectivity index (χ1v) is 24.6. The summed E-state index contributed by atoms with van der Waals surface area (Å²) in [6.45, 7) is -7.13. The van der Waals surface area contributed by atoms with Gasteiger partial charge in [0.2, 0.25) is 6.29 Å². The summed E-state index contributed by atoms with van der Waals surface area (Å²) in [7, 11) is 0. The second-order valence-corrected chi connectivity index (χ2v) is 19.2. The van der Waals surface area contributed by atoms with E-state index in [1.54, 1.807) is 0 Å². The van der Waals surface area contributed by atoms with E-state index in [2.05, 4.69) is 15.5 Å². The zero-order valence-electron chi connectivity index (χ0n) is 41.8. The van der Waals surface area contributed by atoms with Crippen LogP contribution in [0.2, 0.25) is 0 Å². The Morgan fingerprint density at radius 2 is 0.819 bits per heavy atom. The summed E-state index contributed by atoms with van der Waals surface area (Å²) in [4.78, 5) is 0. The molecule has 0 spiro atoms. The van der Waals surface area contributed by atoms with Crippen molar-refractivity contribution in [1.82, 2.24) is 0 Å². The van der Waals surface area contributed by atoms with E-state index in [0.717, 1.165) is 36.4 Å². The molecule has 83 heavy (non-hydrogen) atoms. The van der Waals surface area contributed by atoms with Crippen LogP contribution in [0, 0.1) is 58.2 Å². The average molecular weight is 1210 g/mol. The lowest BCUT2D eigenvalue weighted by molar-refractivity contribution is -0.352. The molecule has 4 aliphatic heterocycles. The van der Waals surface area contributed by atoms with Crippen molar-refractivity contribution in [1.29, 1.82) is 0 Å². The van der Waals surface area contributed by atoms with Gasteiger partial charge >= 0.3 is 0 Å². The molecule has 4 aromatic rings. The minimum Gasteiger partial charge on any atom is -0.462 e. The molecule has 35 heteroatoms. The second kappa shape index (κ2) is 26.1. The number of ether oxygens (including phenoxy) is 7. The Labute approximate surface area is 459 Å². The highest BCUT2D eigenvalue weighted by Crippen LogP contribution is 2.34. The number of hydrogen-bond acceptors (Lipinski definition) is 24. The third-order valence-electron chi connectivity index (χ3n) is 14.0. The standard InChI is InChI=1S/C48H50BF10N3O21/c50-23-21(24(51)28(55)31(58)27(23)54)49(22-25(52)29(56)32(59)30(57)26(22)53)15-7-13(60-45-39(73)37(71)43(19(10-65)78-45)82-47-40(74)35(69)33(67)17(8-63)79-47)3-6-16(15)62-61-12-1-4-14(5-2-12)77-46-42(76)38(72)44(20(11-66)81-46)83-48-41(75)36(70)34(68)18(9-64)80-48/h1-7,17-20,33-48,60,63-76H,8-11H2/t17-,18-,19-,20-,33-,34-,35+,36+,37-,38-,39-,40-,41-,42-,43-,44-,45-,46-,47+,48+/m1/s1. The van der Waals surface area contributed by atoms with E-state index in [0.29, 0.717) is 6.07 Å². The van der Waals surface area contributed by atoms with Crippen LogP contribution in [0.4, 0.5) is 61.0 Å². The highest BCUT2D eigenvalue weighted by Gasteiger charge is 2.53. The van der Waals surface area contributed by atoms with Crippen LogP contribution in [0.1, 0.15) is 0 Å². The lowest BCUT2D eigenvalue weighted by Gasteiger charge is -2.46. The maximum Gasteiger partial charge on any atom is 0.260 e. The Bertz CT molecular complexity index is 2840. The Hall–Kier alpha value is -5.36. The molecule has 4 aliphatic rings. The molecule has 8 rings (SSSR count). The number of nitrogens with zero attached hydrogens (tertiary/aromatic N) is 2. The first-order chi connectivity index (χ1) is 39.3. The van der Waals surface area contributed by atoms with Crippen molar-refractivity contribution in [2.75, 3.05) is 31.7 Å². The molecular formula is C48H50BF10N3O21. The SMILES string of the molecule is OC[C@H]1O[C@@H](O[C@H]2[C@H](O)[C@@H](O)[C@H](Nc3ccc(N=Nc4ccc(O[C@@H]5O[C@H](CO)[C@@H](O[C@@H]6O[C@H](CO)[C@@H](O)[C@H](O)[C@H]6O)[C@H](O)[C@H]5O)cc4)c(B(c4c(F)c(F)c(F)c(F)c4F)c4c(F)c(F)c(F)c(F)c4F)c3)O[C@@H]2CO)[C@H](O)[C@@H](O)[C@@H]1O. The van der Waals surface area contributed by atoms with Crippen molar-refractivity contribution >= 4 is 40.2 Å². The van der Waals surface area contributed by atoms with Gasteiger partial charge in [-0.15, -0.1) is 0 Å². The second-order valence-electron chi connectivity index (χ2n) is 19.2. The number of nitrogens with one attached hydrogen (secondary N) is 1. The van der Waals surface area contributed by atoms with Gasteiger partial charge in [0.15, 0.2) is 77.0 Å². The third kappa shape index (κ3) is 12.3. The molecule has 4 fully saturated rings. The summed E-state index contributed by atoms with van der Waals surface area (Å²) >= 11 is 0. The largest absolute Gasteiger partial charge is 0.462 e. The first kappa shape index (κ1) is 63.7. The molecule has 4 saturated heterocycles. The molecule has 0 radical (unpaired) electrons. The fourth-order valence-corrected chi connectivity index (χ4v) is 9.54. The normalized spacial score (nSPS) is 34.1. The molecular weight excluding hydrogens is 1160 g/mol. The minimum absolute atomic E-state index is 0.216. The van der Waals surface area contributed by atoms with Crippen LogP contribution in [-0.4, -0.2) is 227 Å². The minimum atomic E-state index is -3.29. The van der Waals surface area contributed by atoms with Crippen molar-refractivity contribution in [3.8, 4) is 5.75 Å². The summed E-state index contributed by atoms with van der Waals surface area (Å²) < 4.78 is 192. The lowest BCUT2D eigenvalue weighted by atomic mass is 9.35. The number of anilines is 1. The molecule has 0 bridgehead atoms. The van der Waals surface area contributed by atoms with Gasteiger partial charge in [-0.3, -0.25) is 0 Å². The van der Waals surface area contributed by atoms with E-state index in [1.165, 1.54) is 0 Å². The van der Waals surface area contributed by atoms with Crippen molar-refractivity contribution in [3.05, 3.63) is 101 Å². The maximum absolute atomic E-state index is 16.0. The molecule has 4 heterocycles. The zero-order valence-corrected chi connectivity index (χ0v) is 41.8. The van der Waals surface area contributed by atoms with Crippen LogP contribution in [0.15, 0.2) is 52.7 Å². The molecule has 0 amide bonds. The van der Waals surface area contributed by atoms with Crippen molar-refractivity contribution in [2.24, 2.45) is 10.2 Å². The highest BCUT2D eigenvalue weighted by molar-refractivity contribution is 6.96. The van der Waals surface area contributed by atoms with Crippen LogP contribution in [0.3, 0.4) is 0 Å². The van der Waals surface area contributed by atoms with Crippen molar-refractivity contribution in [2.45, 2.75) is 123 Å². The quantitative estimate of drug-likeness (QED) is 0.0158. The van der Waals surface area contributed by atoms with Gasteiger partial charge in [0.25, 0.3) is 6.71 Å². The van der Waals surface area contributed by atoms with Gasteiger partial charge in [-0.25, -0.2) is 43.9 Å². The number of aliphatic hydroxyl groups excluding tert-OH is 14. The van der Waals surface area contributed by atoms with Gasteiger partial charge in [0.05, 0.1) is 37.8 Å². The van der Waals surface area contributed by atoms with Crippen molar-refractivity contribution in [3.63, 3.8) is 0 Å². The number of halogens is 10. The molecule has 15 N–H and O–H groups in total. The zero-order chi connectivity index (χ0) is 60.8. The van der Waals surface area contributed by atoms with Gasteiger partial charge in [-0.05, 0) is 47.9 Å². The molecule has 0 saturated carbocycles. The predicted octanol–water partition coefficient (Wildman–Crippen LogP) is -3.95. The molecule has 4 aromatic carbocycles. The Balaban J connectivity index is 1.12.